The highest BCUT2D eigenvalue weighted by Gasteiger charge is 2.37. The summed E-state index contributed by atoms with van der Waals surface area (Å²) in [6, 6.07) is 12.8. The number of halogens is 3. The average Bonchev–Trinajstić information content (AvgIpc) is 2.58. The lowest BCUT2D eigenvalue weighted by atomic mass is 10.2. The summed E-state index contributed by atoms with van der Waals surface area (Å²) >= 11 is 0. The predicted octanol–water partition coefficient (Wildman–Crippen LogP) is 3.36. The van der Waals surface area contributed by atoms with Gasteiger partial charge in [-0.25, -0.2) is 4.98 Å². The van der Waals surface area contributed by atoms with Crippen molar-refractivity contribution < 1.29 is 18.0 Å². The van der Waals surface area contributed by atoms with E-state index in [-0.39, 0.29) is 11.0 Å². The summed E-state index contributed by atoms with van der Waals surface area (Å²) in [6.07, 6.45) is -4.91. The number of alkyl halides is 3. The molecule has 1 heterocycles. The van der Waals surface area contributed by atoms with Crippen molar-refractivity contribution in [2.75, 3.05) is 5.32 Å². The predicted molar refractivity (Wildman–Crippen MR) is 90.8 cm³/mol. The number of hydrogen-bond donors (Lipinski definition) is 1. The quantitative estimate of drug-likeness (QED) is 0.778. The molecule has 3 rings (SSSR count). The SMILES string of the molecule is Cc1ccc(NC(=O)Cn2c(=O)c(C(F)(F)F)nc3ccccc32)cc1. The minimum atomic E-state index is -4.91. The Morgan fingerprint density at radius 1 is 1.12 bits per heavy atom. The molecule has 134 valence electrons. The van der Waals surface area contributed by atoms with E-state index in [0.717, 1.165) is 10.1 Å². The number of para-hydroxylation sites is 2. The summed E-state index contributed by atoms with van der Waals surface area (Å²) in [6.45, 7) is 1.33. The van der Waals surface area contributed by atoms with Gasteiger partial charge in [0.1, 0.15) is 6.54 Å². The second-order valence-electron chi connectivity index (χ2n) is 5.75. The molecule has 8 heteroatoms. The number of anilines is 1. The summed E-state index contributed by atoms with van der Waals surface area (Å²) in [4.78, 5) is 27.9. The molecule has 3 aromatic rings. The molecule has 2 aromatic carbocycles. The van der Waals surface area contributed by atoms with Crippen LogP contribution in [0, 0.1) is 6.92 Å². The third-order valence-corrected chi connectivity index (χ3v) is 3.76. The Labute approximate surface area is 146 Å². The van der Waals surface area contributed by atoms with E-state index in [2.05, 4.69) is 10.3 Å². The summed E-state index contributed by atoms with van der Waals surface area (Å²) in [5, 5.41) is 2.57. The van der Waals surface area contributed by atoms with Gasteiger partial charge in [0.05, 0.1) is 11.0 Å². The van der Waals surface area contributed by atoms with Gasteiger partial charge in [-0.2, -0.15) is 13.2 Å². The highest BCUT2D eigenvalue weighted by atomic mass is 19.4. The molecule has 1 amide bonds. The molecule has 26 heavy (non-hydrogen) atoms. The second-order valence-corrected chi connectivity index (χ2v) is 5.75. The number of nitrogens with one attached hydrogen (secondary N) is 1. The van der Waals surface area contributed by atoms with Gasteiger partial charge in [-0.15, -0.1) is 0 Å². The first kappa shape index (κ1) is 17.7. The summed E-state index contributed by atoms with van der Waals surface area (Å²) < 4.78 is 40.1. The number of aryl methyl sites for hydroxylation is 1. The third kappa shape index (κ3) is 3.58. The molecule has 0 saturated carbocycles. The number of carbonyl (C=O) groups excluding carboxylic acids is 1. The Bertz CT molecular complexity index is 1020. The van der Waals surface area contributed by atoms with E-state index in [1.165, 1.54) is 18.2 Å². The fourth-order valence-electron chi connectivity index (χ4n) is 2.52. The standard InChI is InChI=1S/C18H14F3N3O2/c1-11-6-8-12(9-7-11)22-15(25)10-24-14-5-3-2-4-13(14)23-16(17(24)26)18(19,20)21/h2-9H,10H2,1H3,(H,22,25). The van der Waals surface area contributed by atoms with Crippen molar-refractivity contribution in [1.29, 1.82) is 0 Å². The van der Waals surface area contributed by atoms with Gasteiger partial charge in [0.25, 0.3) is 5.56 Å². The van der Waals surface area contributed by atoms with Gasteiger partial charge in [0.2, 0.25) is 11.6 Å². The smallest absolute Gasteiger partial charge is 0.325 e. The van der Waals surface area contributed by atoms with E-state index >= 15 is 0 Å². The van der Waals surface area contributed by atoms with Crippen LogP contribution in [0.1, 0.15) is 11.3 Å². The van der Waals surface area contributed by atoms with Crippen LogP contribution in [0.3, 0.4) is 0 Å². The van der Waals surface area contributed by atoms with Gasteiger partial charge in [-0.1, -0.05) is 29.8 Å². The number of aromatic nitrogens is 2. The lowest BCUT2D eigenvalue weighted by Gasteiger charge is -2.13. The molecule has 0 radical (unpaired) electrons. The van der Waals surface area contributed by atoms with Crippen LogP contribution in [0.25, 0.3) is 11.0 Å². The number of rotatable bonds is 3. The molecular formula is C18H14F3N3O2. The van der Waals surface area contributed by atoms with Crippen LogP contribution in [-0.4, -0.2) is 15.5 Å². The number of hydrogen-bond acceptors (Lipinski definition) is 3. The van der Waals surface area contributed by atoms with Gasteiger partial charge < -0.3 is 5.32 Å². The van der Waals surface area contributed by atoms with Gasteiger partial charge in [-0.05, 0) is 31.2 Å². The highest BCUT2D eigenvalue weighted by molar-refractivity contribution is 5.91. The number of benzene rings is 2. The van der Waals surface area contributed by atoms with Gasteiger partial charge in [-0.3, -0.25) is 14.2 Å². The first-order valence-electron chi connectivity index (χ1n) is 7.69. The van der Waals surface area contributed by atoms with Gasteiger partial charge in [0.15, 0.2) is 0 Å². The zero-order chi connectivity index (χ0) is 18.9. The minimum absolute atomic E-state index is 0.0115. The van der Waals surface area contributed by atoms with E-state index in [0.29, 0.717) is 5.69 Å². The summed E-state index contributed by atoms with van der Waals surface area (Å²) in [5.74, 6) is -0.611. The van der Waals surface area contributed by atoms with Crippen LogP contribution in [-0.2, 0) is 17.5 Å². The number of carbonyl (C=O) groups is 1. The maximum atomic E-state index is 13.1. The first-order valence-corrected chi connectivity index (χ1v) is 7.69. The highest BCUT2D eigenvalue weighted by Crippen LogP contribution is 2.26. The van der Waals surface area contributed by atoms with E-state index in [9.17, 15) is 22.8 Å². The molecule has 0 fully saturated rings. The Hall–Kier alpha value is -3.16. The molecule has 1 aromatic heterocycles. The molecule has 0 spiro atoms. The molecule has 0 aliphatic carbocycles. The van der Waals surface area contributed by atoms with E-state index < -0.39 is 29.9 Å². The molecule has 0 aliphatic heterocycles. The van der Waals surface area contributed by atoms with E-state index in [1.54, 1.807) is 30.3 Å². The van der Waals surface area contributed by atoms with Crippen LogP contribution in [0.2, 0.25) is 0 Å². The molecule has 0 saturated heterocycles. The maximum Gasteiger partial charge on any atom is 0.438 e. The topological polar surface area (TPSA) is 64.0 Å². The van der Waals surface area contributed by atoms with Crippen molar-refractivity contribution in [3.8, 4) is 0 Å². The Kier molecular flexibility index (Phi) is 4.50. The van der Waals surface area contributed by atoms with Crippen LogP contribution >= 0.6 is 0 Å². The van der Waals surface area contributed by atoms with E-state index in [4.69, 9.17) is 0 Å². The molecule has 0 atom stereocenters. The van der Waals surface area contributed by atoms with E-state index in [1.807, 2.05) is 6.92 Å². The molecule has 0 aliphatic rings. The number of fused-ring (bicyclic) bond motifs is 1. The first-order chi connectivity index (χ1) is 12.3. The largest absolute Gasteiger partial charge is 0.438 e. The van der Waals surface area contributed by atoms with Crippen molar-refractivity contribution in [1.82, 2.24) is 9.55 Å². The molecule has 0 bridgehead atoms. The monoisotopic (exact) mass is 361 g/mol. The van der Waals surface area contributed by atoms with Gasteiger partial charge >= 0.3 is 6.18 Å². The van der Waals surface area contributed by atoms with Crippen molar-refractivity contribution in [3.05, 3.63) is 70.1 Å². The van der Waals surface area contributed by atoms with Crippen LogP contribution < -0.4 is 10.9 Å². The van der Waals surface area contributed by atoms with Gasteiger partial charge in [0, 0.05) is 5.69 Å². The fraction of sp³-hybridized carbons (Fsp3) is 0.167. The van der Waals surface area contributed by atoms with Crippen LogP contribution in [0.5, 0.6) is 0 Å². The lowest BCUT2D eigenvalue weighted by Crippen LogP contribution is -2.34. The summed E-state index contributed by atoms with van der Waals surface area (Å²) in [5.41, 5.74) is -1.26. The Morgan fingerprint density at radius 2 is 1.77 bits per heavy atom. The average molecular weight is 361 g/mol. The zero-order valence-corrected chi connectivity index (χ0v) is 13.7. The molecule has 5 nitrogen and oxygen atoms in total. The number of nitrogens with zero attached hydrogens (tertiary/aromatic N) is 2. The van der Waals surface area contributed by atoms with Crippen LogP contribution in [0.15, 0.2) is 53.3 Å². The third-order valence-electron chi connectivity index (χ3n) is 3.76. The van der Waals surface area contributed by atoms with Crippen molar-refractivity contribution in [2.24, 2.45) is 0 Å². The maximum absolute atomic E-state index is 13.1. The number of amides is 1. The van der Waals surface area contributed by atoms with Crippen molar-refractivity contribution >= 4 is 22.6 Å². The Morgan fingerprint density at radius 3 is 2.42 bits per heavy atom. The molecular weight excluding hydrogens is 347 g/mol. The minimum Gasteiger partial charge on any atom is -0.325 e. The van der Waals surface area contributed by atoms with Crippen molar-refractivity contribution in [2.45, 2.75) is 19.6 Å². The summed E-state index contributed by atoms with van der Waals surface area (Å²) in [7, 11) is 0. The fourth-order valence-corrected chi connectivity index (χ4v) is 2.52. The Balaban J connectivity index is 2.00. The molecule has 1 N–H and O–H groups in total. The van der Waals surface area contributed by atoms with Crippen molar-refractivity contribution in [3.63, 3.8) is 0 Å². The van der Waals surface area contributed by atoms with Crippen LogP contribution in [0.4, 0.5) is 18.9 Å². The lowest BCUT2D eigenvalue weighted by molar-refractivity contribution is -0.142. The normalized spacial score (nSPS) is 11.5. The second kappa shape index (κ2) is 6.62. The zero-order valence-electron chi connectivity index (χ0n) is 13.7. The molecule has 0 unspecified atom stereocenters.